The molecule has 0 amide bonds. The molecule has 2 rings (SSSR count). The van der Waals surface area contributed by atoms with Gasteiger partial charge in [0.05, 0.1) is 6.04 Å². The van der Waals surface area contributed by atoms with Gasteiger partial charge in [0.25, 0.3) is 6.02 Å². The van der Waals surface area contributed by atoms with E-state index in [1.165, 1.54) is 44.6 Å². The number of rotatable bonds is 3. The minimum absolute atomic E-state index is 0.299. The molecule has 4 heteroatoms. The van der Waals surface area contributed by atoms with E-state index < -0.39 is 5.97 Å². The molecule has 2 aliphatic carbocycles. The zero-order valence-corrected chi connectivity index (χ0v) is 12.3. The minimum Gasteiger partial charge on any atom is -0.389 e. The zero-order valence-electron chi connectivity index (χ0n) is 12.3. The van der Waals surface area contributed by atoms with Crippen LogP contribution >= 0.6 is 0 Å². The van der Waals surface area contributed by atoms with Crippen LogP contribution in [0.25, 0.3) is 0 Å². The Kier molecular flexibility index (Phi) is 6.09. The van der Waals surface area contributed by atoms with Gasteiger partial charge in [-0.1, -0.05) is 45.1 Å². The number of nitrogens with one attached hydrogen (secondary N) is 1. The molecule has 2 fully saturated rings. The number of nitrogens with zero attached hydrogens (tertiary/aromatic N) is 1. The molecule has 0 aromatic carbocycles. The highest BCUT2D eigenvalue weighted by molar-refractivity contribution is 5.93. The lowest BCUT2D eigenvalue weighted by Gasteiger charge is -2.25. The van der Waals surface area contributed by atoms with Crippen LogP contribution in [0.3, 0.4) is 0 Å². The number of aliphatic imine (C=N–C) groups is 1. The maximum atomic E-state index is 11.4. The molecule has 0 saturated heterocycles. The highest BCUT2D eigenvalue weighted by Crippen LogP contribution is 2.21. The van der Waals surface area contributed by atoms with Crippen LogP contribution in [0.1, 0.15) is 64.2 Å². The molecule has 112 valence electrons. The fraction of sp³-hybridized carbons (Fsp3) is 0.750. The first kappa shape index (κ1) is 15.1. The molecule has 0 unspecified atom stereocenters. The fourth-order valence-electron chi connectivity index (χ4n) is 3.03. The Morgan fingerprint density at radius 3 is 2.25 bits per heavy atom. The number of amidine groups is 1. The molecule has 0 atom stereocenters. The minimum atomic E-state index is -0.428. The Balaban J connectivity index is 1.96. The molecule has 0 spiro atoms. The van der Waals surface area contributed by atoms with Gasteiger partial charge in [-0.3, -0.25) is 0 Å². The quantitative estimate of drug-likeness (QED) is 0.373. The summed E-state index contributed by atoms with van der Waals surface area (Å²) in [6, 6.07) is 1.10. The van der Waals surface area contributed by atoms with Crippen LogP contribution < -0.4 is 5.32 Å². The summed E-state index contributed by atoms with van der Waals surface area (Å²) in [5, 5.41) is 3.33. The number of hydrogen-bond acceptors (Lipinski definition) is 3. The number of esters is 1. The highest BCUT2D eigenvalue weighted by Gasteiger charge is 2.19. The smallest absolute Gasteiger partial charge is 0.337 e. The van der Waals surface area contributed by atoms with Crippen molar-refractivity contribution in [2.75, 3.05) is 0 Å². The van der Waals surface area contributed by atoms with Crippen LogP contribution in [-0.2, 0) is 9.53 Å². The molecular weight excluding hydrogens is 252 g/mol. The lowest BCUT2D eigenvalue weighted by molar-refractivity contribution is -0.130. The van der Waals surface area contributed by atoms with Crippen LogP contribution in [0.5, 0.6) is 0 Å². The fourth-order valence-corrected chi connectivity index (χ4v) is 3.03. The highest BCUT2D eigenvalue weighted by atomic mass is 16.6. The van der Waals surface area contributed by atoms with E-state index in [0.717, 1.165) is 25.7 Å². The van der Waals surface area contributed by atoms with Gasteiger partial charge in [-0.05, 0) is 25.7 Å². The van der Waals surface area contributed by atoms with Crippen molar-refractivity contribution in [1.82, 2.24) is 5.32 Å². The van der Waals surface area contributed by atoms with Crippen molar-refractivity contribution in [3.8, 4) is 0 Å². The number of ether oxygens (including phenoxy) is 1. The van der Waals surface area contributed by atoms with E-state index >= 15 is 0 Å². The normalized spacial score (nSPS) is 22.3. The predicted octanol–water partition coefficient (Wildman–Crippen LogP) is 3.33. The van der Waals surface area contributed by atoms with Gasteiger partial charge in [0, 0.05) is 12.1 Å². The number of hydrogen-bond donors (Lipinski definition) is 1. The zero-order chi connectivity index (χ0) is 14.2. The molecule has 0 heterocycles. The van der Waals surface area contributed by atoms with Gasteiger partial charge in [0.15, 0.2) is 0 Å². The van der Waals surface area contributed by atoms with Crippen molar-refractivity contribution in [1.29, 1.82) is 0 Å². The molecule has 4 nitrogen and oxygen atoms in total. The molecule has 1 N–H and O–H groups in total. The third-order valence-corrected chi connectivity index (χ3v) is 4.17. The average Bonchev–Trinajstić information content (AvgIpc) is 2.49. The first-order valence-electron chi connectivity index (χ1n) is 7.96. The van der Waals surface area contributed by atoms with Gasteiger partial charge in [0.1, 0.15) is 0 Å². The summed E-state index contributed by atoms with van der Waals surface area (Å²) < 4.78 is 5.29. The molecule has 0 aromatic rings. The first-order valence-corrected chi connectivity index (χ1v) is 7.96. The maximum Gasteiger partial charge on any atom is 0.337 e. The second-order valence-corrected chi connectivity index (χ2v) is 5.83. The van der Waals surface area contributed by atoms with Crippen molar-refractivity contribution >= 4 is 12.0 Å². The molecule has 0 aromatic heterocycles. The lowest BCUT2D eigenvalue weighted by atomic mass is 9.95. The van der Waals surface area contributed by atoms with Gasteiger partial charge < -0.3 is 10.1 Å². The topological polar surface area (TPSA) is 50.7 Å². The number of carbonyl (C=O) groups is 1. The van der Waals surface area contributed by atoms with Crippen molar-refractivity contribution in [2.24, 2.45) is 4.99 Å². The van der Waals surface area contributed by atoms with Crippen LogP contribution in [-0.4, -0.2) is 24.1 Å². The van der Waals surface area contributed by atoms with E-state index in [-0.39, 0.29) is 0 Å². The standard InChI is InChI=1S/C16H26N2O2/c1-2-15(19)20-16(17-13-9-5-3-6-10-13)18-14-11-7-4-8-12-14/h2,13-14H,1,3-12H2,(H,17,18). The summed E-state index contributed by atoms with van der Waals surface area (Å²) in [4.78, 5) is 16.1. The van der Waals surface area contributed by atoms with E-state index in [9.17, 15) is 4.79 Å². The van der Waals surface area contributed by atoms with E-state index in [4.69, 9.17) is 4.74 Å². The first-order chi connectivity index (χ1) is 9.78. The molecule has 2 saturated carbocycles. The molecule has 0 radical (unpaired) electrons. The van der Waals surface area contributed by atoms with Gasteiger partial charge >= 0.3 is 5.97 Å². The summed E-state index contributed by atoms with van der Waals surface area (Å²) in [5.41, 5.74) is 0. The Labute approximate surface area is 121 Å². The van der Waals surface area contributed by atoms with E-state index in [1.807, 2.05) is 0 Å². The van der Waals surface area contributed by atoms with Crippen molar-refractivity contribution in [2.45, 2.75) is 76.3 Å². The summed E-state index contributed by atoms with van der Waals surface area (Å²) in [6.45, 7) is 3.45. The third-order valence-electron chi connectivity index (χ3n) is 4.17. The average molecular weight is 278 g/mol. The van der Waals surface area contributed by atoms with Crippen molar-refractivity contribution in [3.05, 3.63) is 12.7 Å². The predicted molar refractivity (Wildman–Crippen MR) is 80.6 cm³/mol. The van der Waals surface area contributed by atoms with Gasteiger partial charge in [0.2, 0.25) is 0 Å². The van der Waals surface area contributed by atoms with Crippen LogP contribution in [0.4, 0.5) is 0 Å². The summed E-state index contributed by atoms with van der Waals surface area (Å²) in [5.74, 6) is -0.428. The van der Waals surface area contributed by atoms with E-state index in [0.29, 0.717) is 18.1 Å². The molecule has 0 aliphatic heterocycles. The Hall–Kier alpha value is -1.32. The SMILES string of the molecule is C=CC(=O)OC(=NC1CCCCC1)NC1CCCCC1. The van der Waals surface area contributed by atoms with Crippen molar-refractivity contribution in [3.63, 3.8) is 0 Å². The second-order valence-electron chi connectivity index (χ2n) is 5.83. The van der Waals surface area contributed by atoms with Crippen LogP contribution in [0.2, 0.25) is 0 Å². The Morgan fingerprint density at radius 2 is 1.65 bits per heavy atom. The molecule has 20 heavy (non-hydrogen) atoms. The summed E-state index contributed by atoms with van der Waals surface area (Å²) >= 11 is 0. The molecule has 2 aliphatic rings. The van der Waals surface area contributed by atoms with Gasteiger partial charge in [-0.15, -0.1) is 0 Å². The van der Waals surface area contributed by atoms with E-state index in [2.05, 4.69) is 16.9 Å². The van der Waals surface area contributed by atoms with Crippen LogP contribution in [0.15, 0.2) is 17.6 Å². The lowest BCUT2D eigenvalue weighted by Crippen LogP contribution is -2.39. The van der Waals surface area contributed by atoms with Crippen LogP contribution in [0, 0.1) is 0 Å². The van der Waals surface area contributed by atoms with Gasteiger partial charge in [-0.2, -0.15) is 0 Å². The largest absolute Gasteiger partial charge is 0.389 e. The molecule has 0 bridgehead atoms. The van der Waals surface area contributed by atoms with Crippen molar-refractivity contribution < 1.29 is 9.53 Å². The number of carbonyl (C=O) groups excluding carboxylic acids is 1. The second kappa shape index (κ2) is 8.08. The monoisotopic (exact) mass is 278 g/mol. The van der Waals surface area contributed by atoms with Gasteiger partial charge in [-0.25, -0.2) is 9.79 Å². The van der Waals surface area contributed by atoms with E-state index in [1.54, 1.807) is 0 Å². The summed E-state index contributed by atoms with van der Waals surface area (Å²) in [7, 11) is 0. The summed E-state index contributed by atoms with van der Waals surface area (Å²) in [6.07, 6.45) is 13.2. The molecular formula is C16H26N2O2. The Morgan fingerprint density at radius 1 is 1.05 bits per heavy atom. The third kappa shape index (κ3) is 4.99. The maximum absolute atomic E-state index is 11.4. The Bertz CT molecular complexity index is 353.